The van der Waals surface area contributed by atoms with Gasteiger partial charge in [-0.15, -0.1) is 0 Å². The molecule has 0 aliphatic heterocycles. The van der Waals surface area contributed by atoms with Crippen LogP contribution in [-0.4, -0.2) is 11.6 Å². The van der Waals surface area contributed by atoms with E-state index < -0.39 is 0 Å². The van der Waals surface area contributed by atoms with Crippen molar-refractivity contribution in [3.05, 3.63) is 78.9 Å². The predicted octanol–water partition coefficient (Wildman–Crippen LogP) is 4.77. The molecule has 0 bridgehead atoms. The Kier molecular flexibility index (Phi) is 5.49. The second-order valence-electron chi connectivity index (χ2n) is 4.71. The van der Waals surface area contributed by atoms with Crippen LogP contribution in [0.4, 0.5) is 0 Å². The normalized spacial score (nSPS) is 10.7. The van der Waals surface area contributed by atoms with Crippen LogP contribution in [0.5, 0.6) is 5.88 Å². The highest BCUT2D eigenvalue weighted by atomic mass is 16.5. The molecular weight excluding hydrogens is 284 g/mol. The summed E-state index contributed by atoms with van der Waals surface area (Å²) < 4.78 is 5.58. The van der Waals surface area contributed by atoms with E-state index in [0.29, 0.717) is 18.1 Å². The van der Waals surface area contributed by atoms with Crippen molar-refractivity contribution in [3.63, 3.8) is 0 Å². The molecule has 0 aliphatic carbocycles. The van der Waals surface area contributed by atoms with Gasteiger partial charge in [0, 0.05) is 11.1 Å². The first-order valence-corrected chi connectivity index (χ1v) is 7.34. The maximum absolute atomic E-state index is 9.54. The second-order valence-corrected chi connectivity index (χ2v) is 4.71. The van der Waals surface area contributed by atoms with Gasteiger partial charge >= 0.3 is 0 Å². The van der Waals surface area contributed by atoms with Crippen LogP contribution in [0, 0.1) is 11.3 Å². The Bertz CT molecular complexity index is 783. The fraction of sp³-hybridized carbons (Fsp3) is 0.100. The van der Waals surface area contributed by atoms with Crippen molar-refractivity contribution in [1.29, 1.82) is 5.26 Å². The van der Waals surface area contributed by atoms with Crippen molar-refractivity contribution in [2.75, 3.05) is 6.61 Å². The average molecular weight is 302 g/mol. The van der Waals surface area contributed by atoms with E-state index in [1.54, 1.807) is 12.2 Å². The third-order valence-electron chi connectivity index (χ3n) is 3.28. The Morgan fingerprint density at radius 1 is 1.30 bits per heavy atom. The molecule has 0 spiro atoms. The van der Waals surface area contributed by atoms with E-state index >= 15 is 0 Å². The van der Waals surface area contributed by atoms with E-state index in [9.17, 15) is 5.26 Å². The molecule has 0 unspecified atom stereocenters. The van der Waals surface area contributed by atoms with Crippen molar-refractivity contribution < 1.29 is 4.74 Å². The lowest BCUT2D eigenvalue weighted by molar-refractivity contribution is 0.326. The molecule has 0 fully saturated rings. The van der Waals surface area contributed by atoms with Crippen LogP contribution in [0.25, 0.3) is 16.8 Å². The van der Waals surface area contributed by atoms with E-state index in [2.05, 4.69) is 24.2 Å². The fourth-order valence-electron chi connectivity index (χ4n) is 2.25. The minimum Gasteiger partial charge on any atom is -0.477 e. The molecule has 0 N–H and O–H groups in total. The van der Waals surface area contributed by atoms with Gasteiger partial charge < -0.3 is 4.74 Å². The summed E-state index contributed by atoms with van der Waals surface area (Å²) >= 11 is 0. The summed E-state index contributed by atoms with van der Waals surface area (Å²) in [6.45, 7) is 9.84. The molecule has 0 atom stereocenters. The number of nitrogens with zero attached hydrogens (tertiary/aromatic N) is 2. The Morgan fingerprint density at radius 3 is 2.61 bits per heavy atom. The number of pyridine rings is 1. The summed E-state index contributed by atoms with van der Waals surface area (Å²) in [5, 5.41) is 9.54. The lowest BCUT2D eigenvalue weighted by Gasteiger charge is -2.13. The molecule has 0 saturated carbocycles. The zero-order chi connectivity index (χ0) is 16.7. The highest BCUT2D eigenvalue weighted by molar-refractivity contribution is 5.82. The smallest absolute Gasteiger partial charge is 0.232 e. The molecular formula is C20H18N2O. The topological polar surface area (TPSA) is 45.9 Å². The average Bonchev–Trinajstić information content (AvgIpc) is 2.60. The number of benzene rings is 1. The maximum Gasteiger partial charge on any atom is 0.232 e. The van der Waals surface area contributed by atoms with Crippen LogP contribution in [0.2, 0.25) is 0 Å². The molecule has 0 amide bonds. The zero-order valence-corrected chi connectivity index (χ0v) is 13.1. The molecule has 1 aromatic heterocycles. The monoisotopic (exact) mass is 302 g/mol. The van der Waals surface area contributed by atoms with E-state index in [-0.39, 0.29) is 0 Å². The van der Waals surface area contributed by atoms with E-state index in [0.717, 1.165) is 22.4 Å². The van der Waals surface area contributed by atoms with Gasteiger partial charge in [-0.1, -0.05) is 61.7 Å². The van der Waals surface area contributed by atoms with E-state index in [1.165, 1.54) is 0 Å². The third-order valence-corrected chi connectivity index (χ3v) is 3.28. The van der Waals surface area contributed by atoms with Crippen LogP contribution in [0.3, 0.4) is 0 Å². The maximum atomic E-state index is 9.54. The zero-order valence-electron chi connectivity index (χ0n) is 13.1. The second kappa shape index (κ2) is 7.77. The number of aromatic nitrogens is 1. The first-order chi connectivity index (χ1) is 11.2. The largest absolute Gasteiger partial charge is 0.477 e. The lowest BCUT2D eigenvalue weighted by Crippen LogP contribution is -2.02. The Morgan fingerprint density at radius 2 is 2.04 bits per heavy atom. The molecule has 2 aromatic rings. The lowest BCUT2D eigenvalue weighted by atomic mass is 9.98. The Labute approximate surface area is 136 Å². The molecule has 0 radical (unpaired) electrons. The van der Waals surface area contributed by atoms with Gasteiger partial charge in [0.05, 0.1) is 12.3 Å². The molecule has 1 heterocycles. The molecule has 0 aliphatic rings. The summed E-state index contributed by atoms with van der Waals surface area (Å²) in [7, 11) is 0. The fourth-order valence-corrected chi connectivity index (χ4v) is 2.25. The quantitative estimate of drug-likeness (QED) is 0.722. The molecule has 114 valence electrons. The number of rotatable bonds is 6. The van der Waals surface area contributed by atoms with Crippen LogP contribution in [0.1, 0.15) is 18.1 Å². The summed E-state index contributed by atoms with van der Waals surface area (Å²) in [5.41, 5.74) is 3.65. The van der Waals surface area contributed by atoms with Gasteiger partial charge in [-0.2, -0.15) is 5.26 Å². The highest BCUT2D eigenvalue weighted by Crippen LogP contribution is 2.31. The van der Waals surface area contributed by atoms with Gasteiger partial charge in [-0.05, 0) is 18.6 Å². The molecule has 23 heavy (non-hydrogen) atoms. The van der Waals surface area contributed by atoms with Gasteiger partial charge in [0.1, 0.15) is 11.6 Å². The van der Waals surface area contributed by atoms with E-state index in [4.69, 9.17) is 4.74 Å². The first kappa shape index (κ1) is 16.3. The Hall–Kier alpha value is -3.12. The minimum absolute atomic E-state index is 0.336. The van der Waals surface area contributed by atoms with Crippen molar-refractivity contribution >= 4 is 5.57 Å². The SMILES string of the molecule is C=C/C=C(\C=C)c1cc(-c2ccccc2)nc(OCC)c1C#N. The minimum atomic E-state index is 0.336. The van der Waals surface area contributed by atoms with Gasteiger partial charge in [-0.25, -0.2) is 4.98 Å². The third kappa shape index (κ3) is 3.56. The standard InChI is InChI=1S/C20H18N2O/c1-4-10-15(5-2)17-13-19(16-11-8-7-9-12-16)22-20(23-6-3)18(17)14-21/h4-5,7-13H,1-2,6H2,3H3/b15-10+. The molecule has 0 saturated heterocycles. The molecule has 3 heteroatoms. The van der Waals surface area contributed by atoms with Crippen molar-refractivity contribution in [1.82, 2.24) is 4.98 Å². The summed E-state index contributed by atoms with van der Waals surface area (Å²) in [4.78, 5) is 4.51. The van der Waals surface area contributed by atoms with Gasteiger partial charge in [-0.3, -0.25) is 0 Å². The van der Waals surface area contributed by atoms with Crippen LogP contribution in [-0.2, 0) is 0 Å². The van der Waals surface area contributed by atoms with Crippen molar-refractivity contribution in [3.8, 4) is 23.2 Å². The highest BCUT2D eigenvalue weighted by Gasteiger charge is 2.16. The number of hydrogen-bond acceptors (Lipinski definition) is 3. The van der Waals surface area contributed by atoms with Crippen molar-refractivity contribution in [2.45, 2.75) is 6.92 Å². The van der Waals surface area contributed by atoms with Gasteiger partial charge in [0.15, 0.2) is 0 Å². The van der Waals surface area contributed by atoms with Crippen LogP contribution >= 0.6 is 0 Å². The van der Waals surface area contributed by atoms with Crippen LogP contribution in [0.15, 0.2) is 67.8 Å². The van der Waals surface area contributed by atoms with Gasteiger partial charge in [0.25, 0.3) is 0 Å². The molecule has 1 aromatic carbocycles. The number of nitriles is 1. The van der Waals surface area contributed by atoms with Gasteiger partial charge in [0.2, 0.25) is 5.88 Å². The molecule has 3 nitrogen and oxygen atoms in total. The summed E-state index contributed by atoms with van der Waals surface area (Å²) in [6, 6.07) is 13.9. The number of ether oxygens (including phenoxy) is 1. The number of allylic oxidation sites excluding steroid dienone is 4. The number of hydrogen-bond donors (Lipinski definition) is 0. The van der Waals surface area contributed by atoms with Crippen molar-refractivity contribution in [2.24, 2.45) is 0 Å². The van der Waals surface area contributed by atoms with Crippen LogP contribution < -0.4 is 4.74 Å². The summed E-state index contributed by atoms with van der Waals surface area (Å²) in [5.74, 6) is 0.336. The predicted molar refractivity (Wildman–Crippen MR) is 93.9 cm³/mol. The molecule has 2 rings (SSSR count). The summed E-state index contributed by atoms with van der Waals surface area (Å²) in [6.07, 6.45) is 5.18. The van der Waals surface area contributed by atoms with E-state index in [1.807, 2.05) is 49.4 Å². The first-order valence-electron chi connectivity index (χ1n) is 7.34. The Balaban J connectivity index is 2.75.